The van der Waals surface area contributed by atoms with Gasteiger partial charge in [-0.25, -0.2) is 13.6 Å². The van der Waals surface area contributed by atoms with Crippen LogP contribution in [0.25, 0.3) is 0 Å². The molecule has 2 heterocycles. The highest BCUT2D eigenvalue weighted by molar-refractivity contribution is 5.95. The number of nitrogens with two attached hydrogens (primary N) is 1. The van der Waals surface area contributed by atoms with Crippen molar-refractivity contribution in [2.45, 2.75) is 19.1 Å². The van der Waals surface area contributed by atoms with Gasteiger partial charge in [-0.2, -0.15) is 0 Å². The van der Waals surface area contributed by atoms with Crippen molar-refractivity contribution in [1.82, 2.24) is 14.5 Å². The Kier molecular flexibility index (Phi) is 6.47. The van der Waals surface area contributed by atoms with Crippen LogP contribution in [0, 0.1) is 11.6 Å². The van der Waals surface area contributed by atoms with Crippen LogP contribution in [0.2, 0.25) is 0 Å². The van der Waals surface area contributed by atoms with Crippen molar-refractivity contribution in [2.75, 3.05) is 24.5 Å². The maximum atomic E-state index is 14.3. The number of amides is 1. The fraction of sp³-hybridized carbons (Fsp3) is 0.261. The topological polar surface area (TPSA) is 102 Å². The molecule has 8 nitrogen and oxygen atoms in total. The van der Waals surface area contributed by atoms with Gasteiger partial charge in [0.05, 0.1) is 19.6 Å². The number of rotatable bonds is 6. The van der Waals surface area contributed by atoms with Gasteiger partial charge >= 0.3 is 5.69 Å². The molecule has 33 heavy (non-hydrogen) atoms. The Balaban J connectivity index is 1.83. The molecule has 0 saturated carbocycles. The van der Waals surface area contributed by atoms with Crippen LogP contribution in [0.4, 0.5) is 14.5 Å². The van der Waals surface area contributed by atoms with Gasteiger partial charge in [0.2, 0.25) is 5.91 Å². The van der Waals surface area contributed by atoms with E-state index in [1.54, 1.807) is 24.3 Å². The molecule has 1 aromatic heterocycles. The number of carbonyl (C=O) groups is 1. The largest absolute Gasteiger partial charge is 0.331 e. The minimum absolute atomic E-state index is 0.0318. The summed E-state index contributed by atoms with van der Waals surface area (Å²) in [6, 6.07) is 11.6. The zero-order valence-corrected chi connectivity index (χ0v) is 17.7. The predicted octanol–water partition coefficient (Wildman–Crippen LogP) is 0.973. The number of halogens is 2. The summed E-state index contributed by atoms with van der Waals surface area (Å²) < 4.78 is 30.5. The first kappa shape index (κ1) is 22.6. The Morgan fingerprint density at radius 3 is 2.36 bits per heavy atom. The van der Waals surface area contributed by atoms with E-state index in [0.717, 1.165) is 21.3 Å². The molecule has 3 aromatic rings. The maximum absolute atomic E-state index is 14.3. The second-order valence-corrected chi connectivity index (χ2v) is 7.78. The van der Waals surface area contributed by atoms with Crippen LogP contribution in [-0.2, 0) is 17.9 Å². The number of hydrogen-bond donors (Lipinski definition) is 2. The summed E-state index contributed by atoms with van der Waals surface area (Å²) in [6.45, 7) is 0.0753. The van der Waals surface area contributed by atoms with Crippen molar-refractivity contribution in [3.05, 3.63) is 98.3 Å². The van der Waals surface area contributed by atoms with Crippen LogP contribution in [0.15, 0.2) is 64.3 Å². The Hall–Kier alpha value is -3.63. The zero-order chi connectivity index (χ0) is 23.5. The summed E-state index contributed by atoms with van der Waals surface area (Å²) in [5.74, 6) is -1.99. The molecule has 3 N–H and O–H groups in total. The number of benzene rings is 2. The highest BCUT2D eigenvalue weighted by Gasteiger charge is 2.25. The lowest BCUT2D eigenvalue weighted by atomic mass is 10.1. The first-order chi connectivity index (χ1) is 15.9. The Morgan fingerprint density at radius 2 is 1.70 bits per heavy atom. The van der Waals surface area contributed by atoms with Crippen LogP contribution in [0.1, 0.15) is 17.2 Å². The summed E-state index contributed by atoms with van der Waals surface area (Å²) in [4.78, 5) is 40.2. The normalized spacial score (nSPS) is 15.0. The van der Waals surface area contributed by atoms with Crippen LogP contribution in [-0.4, -0.2) is 34.7 Å². The molecule has 0 unspecified atom stereocenters. The molecule has 1 aliphatic rings. The highest BCUT2D eigenvalue weighted by atomic mass is 19.1. The predicted molar refractivity (Wildman–Crippen MR) is 119 cm³/mol. The quantitative estimate of drug-likeness (QED) is 0.577. The van der Waals surface area contributed by atoms with Gasteiger partial charge in [-0.1, -0.05) is 36.4 Å². The molecule has 1 aliphatic heterocycles. The second kappa shape index (κ2) is 9.47. The van der Waals surface area contributed by atoms with Crippen LogP contribution in [0.3, 0.4) is 0 Å². The highest BCUT2D eigenvalue weighted by Crippen LogP contribution is 2.16. The summed E-state index contributed by atoms with van der Waals surface area (Å²) >= 11 is 0. The van der Waals surface area contributed by atoms with Crippen molar-refractivity contribution in [2.24, 2.45) is 5.73 Å². The minimum Gasteiger partial charge on any atom is -0.322 e. The van der Waals surface area contributed by atoms with Gasteiger partial charge in [-0.05, 0) is 17.7 Å². The van der Waals surface area contributed by atoms with E-state index >= 15 is 0 Å². The van der Waals surface area contributed by atoms with Gasteiger partial charge < -0.3 is 16.0 Å². The first-order valence-electron chi connectivity index (χ1n) is 10.5. The molecule has 4 rings (SSSR count). The van der Waals surface area contributed by atoms with Crippen LogP contribution in [0.5, 0.6) is 0 Å². The summed E-state index contributed by atoms with van der Waals surface area (Å²) in [7, 11) is 0. The lowest BCUT2D eigenvalue weighted by Crippen LogP contribution is -2.52. The summed E-state index contributed by atoms with van der Waals surface area (Å²) in [5.41, 5.74) is 5.13. The number of nitrogens with one attached hydrogen (secondary N) is 1. The van der Waals surface area contributed by atoms with E-state index in [1.807, 2.05) is 6.07 Å². The van der Waals surface area contributed by atoms with Gasteiger partial charge in [0.1, 0.15) is 17.3 Å². The van der Waals surface area contributed by atoms with Crippen molar-refractivity contribution in [1.29, 1.82) is 0 Å². The molecule has 1 amide bonds. The summed E-state index contributed by atoms with van der Waals surface area (Å²) in [5, 5.41) is 2.92. The van der Waals surface area contributed by atoms with E-state index < -0.39 is 35.5 Å². The lowest BCUT2D eigenvalue weighted by molar-refractivity contribution is -0.118. The molecule has 1 saturated heterocycles. The Bertz CT molecular complexity index is 1270. The van der Waals surface area contributed by atoms with Gasteiger partial charge in [0.25, 0.3) is 5.56 Å². The van der Waals surface area contributed by atoms with Crippen LogP contribution < -0.4 is 27.2 Å². The molecule has 0 bridgehead atoms. The van der Waals surface area contributed by atoms with E-state index in [9.17, 15) is 23.2 Å². The van der Waals surface area contributed by atoms with Gasteiger partial charge in [-0.15, -0.1) is 0 Å². The van der Waals surface area contributed by atoms with Gasteiger partial charge in [0.15, 0.2) is 0 Å². The molecule has 1 atom stereocenters. The molecule has 1 fully saturated rings. The summed E-state index contributed by atoms with van der Waals surface area (Å²) in [6.07, 6.45) is 1.18. The maximum Gasteiger partial charge on any atom is 0.331 e. The van der Waals surface area contributed by atoms with E-state index in [-0.39, 0.29) is 36.8 Å². The second-order valence-electron chi connectivity index (χ2n) is 7.78. The van der Waals surface area contributed by atoms with Crippen molar-refractivity contribution in [3.63, 3.8) is 0 Å². The zero-order valence-electron chi connectivity index (χ0n) is 17.7. The molecular weight excluding hydrogens is 432 g/mol. The number of piperazine rings is 1. The van der Waals surface area contributed by atoms with E-state index in [4.69, 9.17) is 5.73 Å². The van der Waals surface area contributed by atoms with Crippen molar-refractivity contribution >= 4 is 11.6 Å². The molecule has 2 aromatic carbocycles. The lowest BCUT2D eigenvalue weighted by Gasteiger charge is -2.28. The fourth-order valence-electron chi connectivity index (χ4n) is 3.81. The van der Waals surface area contributed by atoms with Crippen LogP contribution >= 0.6 is 0 Å². The van der Waals surface area contributed by atoms with Gasteiger partial charge in [0, 0.05) is 30.9 Å². The van der Waals surface area contributed by atoms with E-state index in [0.29, 0.717) is 12.1 Å². The Morgan fingerprint density at radius 1 is 1.00 bits per heavy atom. The van der Waals surface area contributed by atoms with Crippen molar-refractivity contribution in [3.8, 4) is 0 Å². The monoisotopic (exact) mass is 455 g/mol. The van der Waals surface area contributed by atoms with E-state index in [2.05, 4.69) is 5.32 Å². The third-order valence-electron chi connectivity index (χ3n) is 5.60. The van der Waals surface area contributed by atoms with Gasteiger partial charge in [-0.3, -0.25) is 18.7 Å². The van der Waals surface area contributed by atoms with Crippen molar-refractivity contribution < 1.29 is 13.6 Å². The molecule has 0 aliphatic carbocycles. The number of carbonyl (C=O) groups excluding carboxylic acids is 1. The average Bonchev–Trinajstić information content (AvgIpc) is 2.81. The molecule has 172 valence electrons. The Labute approximate surface area is 187 Å². The third kappa shape index (κ3) is 4.62. The SMILES string of the molecule is N[C@@H](Cn1c(=O)c(N2CCNCC2=O)cn(Cc2c(F)cccc2F)c1=O)c1ccccc1. The fourth-order valence-corrected chi connectivity index (χ4v) is 3.81. The standard InChI is InChI=1S/C23H23F2N5O3/c24-17-7-4-8-18(25)16(17)12-28-14-20(29-10-9-27-11-21(29)31)22(32)30(23(28)33)13-19(26)15-5-2-1-3-6-15/h1-8,14,19,27H,9-13,26H2/t19-/m0/s1. The van der Waals surface area contributed by atoms with E-state index in [1.165, 1.54) is 17.2 Å². The molecule has 0 radical (unpaired) electrons. The minimum atomic E-state index is -0.819. The first-order valence-corrected chi connectivity index (χ1v) is 10.5. The molecular formula is C23H23F2N5O3. The molecule has 10 heteroatoms. The average molecular weight is 455 g/mol. The smallest absolute Gasteiger partial charge is 0.322 e. The number of anilines is 1. The molecule has 0 spiro atoms. The third-order valence-corrected chi connectivity index (χ3v) is 5.60. The number of hydrogen-bond acceptors (Lipinski definition) is 5. The number of nitrogens with zero attached hydrogens (tertiary/aromatic N) is 3. The number of aromatic nitrogens is 2.